The number of hydrogen-bond acceptors (Lipinski definition) is 3. The summed E-state index contributed by atoms with van der Waals surface area (Å²) >= 11 is 0. The summed E-state index contributed by atoms with van der Waals surface area (Å²) in [5.41, 5.74) is -1.01. The number of oxazole rings is 1. The molecular weight excluding hydrogens is 275 g/mol. The Hall–Kier alpha value is -2.31. The Morgan fingerprint density at radius 1 is 1.30 bits per heavy atom. The molecule has 0 bridgehead atoms. The lowest BCUT2D eigenvalue weighted by molar-refractivity contribution is -0.137. The van der Waals surface area contributed by atoms with Gasteiger partial charge in [0.2, 0.25) is 5.89 Å². The van der Waals surface area contributed by atoms with E-state index >= 15 is 0 Å². The fraction of sp³-hybridized carbons (Fsp3) is 0.231. The highest BCUT2D eigenvalue weighted by Crippen LogP contribution is 2.36. The summed E-state index contributed by atoms with van der Waals surface area (Å²) in [5, 5.41) is 8.54. The van der Waals surface area contributed by atoms with Crippen LogP contribution in [0.3, 0.4) is 0 Å². The van der Waals surface area contributed by atoms with Crippen molar-refractivity contribution >= 4 is 5.97 Å². The maximum absolute atomic E-state index is 12.8. The number of hydrogen-bond donors (Lipinski definition) is 1. The highest BCUT2D eigenvalue weighted by molar-refractivity contribution is 5.67. The van der Waals surface area contributed by atoms with E-state index in [4.69, 9.17) is 9.52 Å². The Morgan fingerprint density at radius 2 is 2.00 bits per heavy atom. The summed E-state index contributed by atoms with van der Waals surface area (Å²) in [5.74, 6) is -0.948. The van der Waals surface area contributed by atoms with Crippen LogP contribution in [0.15, 0.2) is 34.9 Å². The maximum Gasteiger partial charge on any atom is 0.417 e. The molecule has 0 aliphatic carbocycles. The van der Waals surface area contributed by atoms with Crippen molar-refractivity contribution in [3.8, 4) is 11.5 Å². The molecule has 7 heteroatoms. The quantitative estimate of drug-likeness (QED) is 0.935. The fourth-order valence-electron chi connectivity index (χ4n) is 1.69. The largest absolute Gasteiger partial charge is 0.481 e. The van der Waals surface area contributed by atoms with Gasteiger partial charge in [-0.1, -0.05) is 12.1 Å². The van der Waals surface area contributed by atoms with Gasteiger partial charge in [-0.25, -0.2) is 4.98 Å². The van der Waals surface area contributed by atoms with Crippen molar-refractivity contribution in [3.05, 3.63) is 41.8 Å². The second-order valence-electron chi connectivity index (χ2n) is 4.07. The third-order valence-electron chi connectivity index (χ3n) is 2.60. The van der Waals surface area contributed by atoms with E-state index in [1.54, 1.807) is 0 Å². The molecule has 1 aromatic heterocycles. The first-order valence-electron chi connectivity index (χ1n) is 5.71. The average molecular weight is 285 g/mol. The van der Waals surface area contributed by atoms with Gasteiger partial charge in [0, 0.05) is 12.0 Å². The van der Waals surface area contributed by atoms with Crippen LogP contribution in [0.2, 0.25) is 0 Å². The van der Waals surface area contributed by atoms with Crippen molar-refractivity contribution in [3.63, 3.8) is 0 Å². The van der Waals surface area contributed by atoms with Crippen LogP contribution in [0.4, 0.5) is 13.2 Å². The van der Waals surface area contributed by atoms with E-state index in [2.05, 4.69) is 4.98 Å². The van der Waals surface area contributed by atoms with Crippen molar-refractivity contribution in [1.29, 1.82) is 0 Å². The molecule has 1 heterocycles. The van der Waals surface area contributed by atoms with Crippen molar-refractivity contribution in [2.45, 2.75) is 19.0 Å². The number of carboxylic acid groups (broad SMARTS) is 1. The third kappa shape index (κ3) is 3.17. The summed E-state index contributed by atoms with van der Waals surface area (Å²) in [6.45, 7) is 0. The Labute approximate surface area is 111 Å². The van der Waals surface area contributed by atoms with Crippen LogP contribution >= 0.6 is 0 Å². The van der Waals surface area contributed by atoms with Crippen molar-refractivity contribution in [2.75, 3.05) is 0 Å². The smallest absolute Gasteiger partial charge is 0.417 e. The number of carboxylic acids is 1. The number of carbonyl (C=O) groups is 1. The molecule has 0 saturated carbocycles. The molecule has 20 heavy (non-hydrogen) atoms. The summed E-state index contributed by atoms with van der Waals surface area (Å²) in [6, 6.07) is 4.93. The summed E-state index contributed by atoms with van der Waals surface area (Å²) in [7, 11) is 0. The summed E-state index contributed by atoms with van der Waals surface area (Å²) < 4.78 is 43.7. The standard InChI is InChI=1S/C13H10F3NO3/c14-13(15,16)10-4-2-1-3-9(10)12-17-7-8(20-12)5-6-11(18)19/h1-4,7H,5-6H2,(H,18,19). The van der Waals surface area contributed by atoms with Gasteiger partial charge in [0.25, 0.3) is 0 Å². The van der Waals surface area contributed by atoms with Gasteiger partial charge in [-0.05, 0) is 12.1 Å². The number of aromatic nitrogens is 1. The van der Waals surface area contributed by atoms with Crippen LogP contribution in [-0.4, -0.2) is 16.1 Å². The van der Waals surface area contributed by atoms with Crippen LogP contribution in [-0.2, 0) is 17.4 Å². The SMILES string of the molecule is O=C(O)CCc1cnc(-c2ccccc2C(F)(F)F)o1. The number of halogens is 3. The van der Waals surface area contributed by atoms with E-state index in [1.807, 2.05) is 0 Å². The van der Waals surface area contributed by atoms with Crippen LogP contribution in [0.5, 0.6) is 0 Å². The van der Waals surface area contributed by atoms with Crippen molar-refractivity contribution in [2.24, 2.45) is 0 Å². The highest BCUT2D eigenvalue weighted by Gasteiger charge is 2.34. The molecule has 4 nitrogen and oxygen atoms in total. The van der Waals surface area contributed by atoms with Crippen LogP contribution in [0.1, 0.15) is 17.7 Å². The zero-order valence-corrected chi connectivity index (χ0v) is 10.1. The first-order chi connectivity index (χ1) is 9.38. The van der Waals surface area contributed by atoms with Gasteiger partial charge in [0.1, 0.15) is 5.76 Å². The molecule has 0 spiro atoms. The molecular formula is C13H10F3NO3. The second kappa shape index (κ2) is 5.36. The molecule has 0 saturated heterocycles. The van der Waals surface area contributed by atoms with Crippen molar-refractivity contribution < 1.29 is 27.5 Å². The van der Waals surface area contributed by atoms with E-state index in [9.17, 15) is 18.0 Å². The average Bonchev–Trinajstić information content (AvgIpc) is 2.84. The summed E-state index contributed by atoms with van der Waals surface area (Å²) in [4.78, 5) is 14.2. The fourth-order valence-corrected chi connectivity index (χ4v) is 1.69. The minimum absolute atomic E-state index is 0.0799. The van der Waals surface area contributed by atoms with Gasteiger partial charge < -0.3 is 9.52 Å². The van der Waals surface area contributed by atoms with Crippen LogP contribution < -0.4 is 0 Å². The molecule has 0 unspecified atom stereocenters. The number of nitrogens with zero attached hydrogens (tertiary/aromatic N) is 1. The maximum atomic E-state index is 12.8. The minimum Gasteiger partial charge on any atom is -0.481 e. The summed E-state index contributed by atoms with van der Waals surface area (Å²) in [6.07, 6.45) is -3.36. The highest BCUT2D eigenvalue weighted by atomic mass is 19.4. The lowest BCUT2D eigenvalue weighted by atomic mass is 10.1. The van der Waals surface area contributed by atoms with E-state index in [0.717, 1.165) is 6.07 Å². The topological polar surface area (TPSA) is 63.3 Å². The number of alkyl halides is 3. The predicted octanol–water partition coefficient (Wildman–Crippen LogP) is 3.38. The normalized spacial score (nSPS) is 11.6. The number of benzene rings is 1. The van der Waals surface area contributed by atoms with Gasteiger partial charge in [-0.3, -0.25) is 4.79 Å². The monoisotopic (exact) mass is 285 g/mol. The zero-order valence-electron chi connectivity index (χ0n) is 10.1. The van der Waals surface area contributed by atoms with E-state index in [-0.39, 0.29) is 30.1 Å². The van der Waals surface area contributed by atoms with Gasteiger partial charge in [-0.2, -0.15) is 13.2 Å². The predicted molar refractivity (Wildman–Crippen MR) is 62.9 cm³/mol. The molecule has 2 rings (SSSR count). The first-order valence-corrected chi connectivity index (χ1v) is 5.71. The van der Waals surface area contributed by atoms with Gasteiger partial charge in [0.05, 0.1) is 18.2 Å². The Bertz CT molecular complexity index is 619. The van der Waals surface area contributed by atoms with Gasteiger partial charge >= 0.3 is 12.1 Å². The van der Waals surface area contributed by atoms with E-state index in [1.165, 1.54) is 24.4 Å². The van der Waals surface area contributed by atoms with E-state index < -0.39 is 17.7 Å². The Morgan fingerprint density at radius 3 is 2.65 bits per heavy atom. The molecule has 0 fully saturated rings. The number of rotatable bonds is 4. The molecule has 0 aliphatic heterocycles. The second-order valence-corrected chi connectivity index (χ2v) is 4.07. The number of aryl methyl sites for hydroxylation is 1. The van der Waals surface area contributed by atoms with Crippen LogP contribution in [0.25, 0.3) is 11.5 Å². The Kier molecular flexibility index (Phi) is 3.78. The third-order valence-corrected chi connectivity index (χ3v) is 2.60. The van der Waals surface area contributed by atoms with E-state index in [0.29, 0.717) is 0 Å². The molecule has 0 amide bonds. The molecule has 0 radical (unpaired) electrons. The number of aliphatic carboxylic acids is 1. The molecule has 2 aromatic rings. The molecule has 1 aromatic carbocycles. The first kappa shape index (κ1) is 14.1. The van der Waals surface area contributed by atoms with Crippen LogP contribution in [0, 0.1) is 0 Å². The molecule has 106 valence electrons. The Balaban J connectivity index is 2.31. The zero-order chi connectivity index (χ0) is 14.8. The molecule has 1 N–H and O–H groups in total. The van der Waals surface area contributed by atoms with Gasteiger partial charge in [-0.15, -0.1) is 0 Å². The lowest BCUT2D eigenvalue weighted by Crippen LogP contribution is -2.06. The lowest BCUT2D eigenvalue weighted by Gasteiger charge is -2.09. The molecule has 0 aliphatic rings. The minimum atomic E-state index is -4.51. The van der Waals surface area contributed by atoms with Gasteiger partial charge in [0.15, 0.2) is 0 Å². The van der Waals surface area contributed by atoms with Crippen molar-refractivity contribution in [1.82, 2.24) is 4.98 Å². The molecule has 0 atom stereocenters.